The molecule has 0 saturated carbocycles. The molecule has 0 aliphatic heterocycles. The summed E-state index contributed by atoms with van der Waals surface area (Å²) in [6, 6.07) is 2.49. The van der Waals surface area contributed by atoms with Crippen LogP contribution in [-0.4, -0.2) is 22.6 Å². The number of aromatic nitrogens is 2. The Labute approximate surface area is 104 Å². The number of aryl methyl sites for hydroxylation is 1. The number of nitrogens with one attached hydrogen (secondary N) is 1. The van der Waals surface area contributed by atoms with E-state index in [1.54, 1.807) is 0 Å². The number of ether oxygens (including phenoxy) is 1. The molecular weight excluding hydrogens is 214 g/mol. The molecule has 0 aliphatic rings. The zero-order valence-corrected chi connectivity index (χ0v) is 11.3. The van der Waals surface area contributed by atoms with Crippen LogP contribution in [0.5, 0.6) is 6.01 Å². The maximum atomic E-state index is 5.71. The molecule has 96 valence electrons. The highest BCUT2D eigenvalue weighted by Crippen LogP contribution is 2.11. The number of hydrogen-bond donors (Lipinski definition) is 1. The van der Waals surface area contributed by atoms with Crippen LogP contribution >= 0.6 is 0 Å². The highest BCUT2D eigenvalue weighted by molar-refractivity contribution is 5.12. The van der Waals surface area contributed by atoms with Crippen molar-refractivity contribution in [3.8, 4) is 6.01 Å². The summed E-state index contributed by atoms with van der Waals surface area (Å²) in [5.41, 5.74) is 1.93. The van der Waals surface area contributed by atoms with Gasteiger partial charge in [-0.2, -0.15) is 4.98 Å². The molecule has 1 unspecified atom stereocenters. The Morgan fingerprint density at radius 1 is 1.35 bits per heavy atom. The average Bonchev–Trinajstić information content (AvgIpc) is 2.25. The first-order chi connectivity index (χ1) is 8.15. The lowest BCUT2D eigenvalue weighted by Gasteiger charge is -2.13. The summed E-state index contributed by atoms with van der Waals surface area (Å²) in [5.74, 6) is 0. The Balaban J connectivity index is 2.67. The minimum Gasteiger partial charge on any atom is -0.460 e. The second-order valence-corrected chi connectivity index (χ2v) is 4.28. The first-order valence-electron chi connectivity index (χ1n) is 6.37. The number of nitrogens with zero attached hydrogens (tertiary/aromatic N) is 2. The van der Waals surface area contributed by atoms with Crippen LogP contribution < -0.4 is 10.1 Å². The Morgan fingerprint density at radius 2 is 2.12 bits per heavy atom. The van der Waals surface area contributed by atoms with Gasteiger partial charge in [-0.25, -0.2) is 4.98 Å². The molecule has 1 N–H and O–H groups in total. The van der Waals surface area contributed by atoms with Gasteiger partial charge in [-0.1, -0.05) is 20.3 Å². The summed E-state index contributed by atoms with van der Waals surface area (Å²) in [6.07, 6.45) is 2.31. The second-order valence-electron chi connectivity index (χ2n) is 4.28. The molecule has 1 aromatic heterocycles. The molecule has 0 saturated heterocycles. The Kier molecular flexibility index (Phi) is 5.91. The fraction of sp³-hybridized carbons (Fsp3) is 0.692. The second kappa shape index (κ2) is 7.22. The van der Waals surface area contributed by atoms with Crippen LogP contribution in [0.2, 0.25) is 0 Å². The van der Waals surface area contributed by atoms with E-state index in [-0.39, 0.29) is 6.10 Å². The predicted molar refractivity (Wildman–Crippen MR) is 69.1 cm³/mol. The SMILES string of the molecule is CCCC(C)Oc1nc(C)cc(CNCC)n1. The van der Waals surface area contributed by atoms with Crippen LogP contribution in [0.15, 0.2) is 6.07 Å². The van der Waals surface area contributed by atoms with E-state index in [4.69, 9.17) is 4.74 Å². The Bertz CT molecular complexity index is 341. The molecule has 4 heteroatoms. The van der Waals surface area contributed by atoms with E-state index in [1.165, 1.54) is 0 Å². The minimum absolute atomic E-state index is 0.175. The van der Waals surface area contributed by atoms with Gasteiger partial charge in [0, 0.05) is 12.2 Å². The lowest BCUT2D eigenvalue weighted by molar-refractivity contribution is 0.191. The van der Waals surface area contributed by atoms with E-state index in [9.17, 15) is 0 Å². The number of hydrogen-bond acceptors (Lipinski definition) is 4. The van der Waals surface area contributed by atoms with E-state index in [1.807, 2.05) is 13.0 Å². The van der Waals surface area contributed by atoms with Crippen molar-refractivity contribution in [2.45, 2.75) is 53.2 Å². The summed E-state index contributed by atoms with van der Waals surface area (Å²) in [7, 11) is 0. The van der Waals surface area contributed by atoms with E-state index in [0.29, 0.717) is 6.01 Å². The van der Waals surface area contributed by atoms with Crippen molar-refractivity contribution in [1.29, 1.82) is 0 Å². The van der Waals surface area contributed by atoms with Crippen molar-refractivity contribution >= 4 is 0 Å². The first kappa shape index (κ1) is 13.9. The van der Waals surface area contributed by atoms with Crippen molar-refractivity contribution in [3.63, 3.8) is 0 Å². The van der Waals surface area contributed by atoms with Crippen molar-refractivity contribution < 1.29 is 4.74 Å². The normalized spacial score (nSPS) is 12.5. The highest BCUT2D eigenvalue weighted by atomic mass is 16.5. The standard InChI is InChI=1S/C13H23N3O/c1-5-7-11(4)17-13-15-10(3)8-12(16-13)9-14-6-2/h8,11,14H,5-7,9H2,1-4H3. The van der Waals surface area contributed by atoms with Crippen molar-refractivity contribution in [1.82, 2.24) is 15.3 Å². The maximum absolute atomic E-state index is 5.71. The molecular formula is C13H23N3O. The summed E-state index contributed by atoms with van der Waals surface area (Å²) < 4.78 is 5.71. The average molecular weight is 237 g/mol. The molecule has 0 aromatic carbocycles. The summed E-state index contributed by atoms with van der Waals surface area (Å²) in [4.78, 5) is 8.70. The van der Waals surface area contributed by atoms with Crippen LogP contribution in [0.3, 0.4) is 0 Å². The van der Waals surface area contributed by atoms with Gasteiger partial charge in [-0.05, 0) is 32.9 Å². The van der Waals surface area contributed by atoms with E-state index in [2.05, 4.69) is 36.1 Å². The van der Waals surface area contributed by atoms with Gasteiger partial charge in [0.05, 0.1) is 11.8 Å². The van der Waals surface area contributed by atoms with Crippen LogP contribution in [0.25, 0.3) is 0 Å². The topological polar surface area (TPSA) is 47.0 Å². The Hall–Kier alpha value is -1.16. The highest BCUT2D eigenvalue weighted by Gasteiger charge is 2.07. The van der Waals surface area contributed by atoms with Gasteiger partial charge in [-0.15, -0.1) is 0 Å². The largest absolute Gasteiger partial charge is 0.460 e. The zero-order chi connectivity index (χ0) is 12.7. The van der Waals surface area contributed by atoms with Gasteiger partial charge in [-0.3, -0.25) is 0 Å². The maximum Gasteiger partial charge on any atom is 0.317 e. The van der Waals surface area contributed by atoms with Gasteiger partial charge in [0.2, 0.25) is 0 Å². The van der Waals surface area contributed by atoms with Crippen molar-refractivity contribution in [2.24, 2.45) is 0 Å². The van der Waals surface area contributed by atoms with Gasteiger partial charge in [0.1, 0.15) is 0 Å². The lowest BCUT2D eigenvalue weighted by atomic mass is 10.2. The fourth-order valence-corrected chi connectivity index (χ4v) is 1.65. The molecule has 1 rings (SSSR count). The molecule has 1 atom stereocenters. The third-order valence-electron chi connectivity index (χ3n) is 2.44. The summed E-state index contributed by atoms with van der Waals surface area (Å²) in [6.45, 7) is 9.94. The van der Waals surface area contributed by atoms with E-state index >= 15 is 0 Å². The van der Waals surface area contributed by atoms with Gasteiger partial charge < -0.3 is 10.1 Å². The molecule has 0 radical (unpaired) electrons. The molecule has 1 aromatic rings. The molecule has 0 aliphatic carbocycles. The molecule has 0 fully saturated rings. The van der Waals surface area contributed by atoms with Gasteiger partial charge in [0.15, 0.2) is 0 Å². The van der Waals surface area contributed by atoms with Crippen LogP contribution in [0.4, 0.5) is 0 Å². The third-order valence-corrected chi connectivity index (χ3v) is 2.44. The molecule has 1 heterocycles. The van der Waals surface area contributed by atoms with E-state index in [0.717, 1.165) is 37.3 Å². The molecule has 4 nitrogen and oxygen atoms in total. The summed E-state index contributed by atoms with van der Waals surface area (Å²) >= 11 is 0. The minimum atomic E-state index is 0.175. The quantitative estimate of drug-likeness (QED) is 0.791. The zero-order valence-electron chi connectivity index (χ0n) is 11.3. The molecule has 17 heavy (non-hydrogen) atoms. The monoisotopic (exact) mass is 237 g/mol. The van der Waals surface area contributed by atoms with E-state index < -0.39 is 0 Å². The third kappa shape index (κ3) is 5.13. The molecule has 0 spiro atoms. The predicted octanol–water partition coefficient (Wildman–Crippen LogP) is 2.46. The van der Waals surface area contributed by atoms with Crippen molar-refractivity contribution in [2.75, 3.05) is 6.54 Å². The smallest absolute Gasteiger partial charge is 0.317 e. The lowest BCUT2D eigenvalue weighted by Crippen LogP contribution is -2.16. The first-order valence-corrected chi connectivity index (χ1v) is 6.37. The number of rotatable bonds is 7. The summed E-state index contributed by atoms with van der Waals surface area (Å²) in [5, 5.41) is 3.25. The Morgan fingerprint density at radius 3 is 2.76 bits per heavy atom. The van der Waals surface area contributed by atoms with Crippen LogP contribution in [0.1, 0.15) is 45.0 Å². The molecule has 0 amide bonds. The van der Waals surface area contributed by atoms with Crippen molar-refractivity contribution in [3.05, 3.63) is 17.5 Å². The van der Waals surface area contributed by atoms with Gasteiger partial charge in [0.25, 0.3) is 0 Å². The van der Waals surface area contributed by atoms with Crippen LogP contribution in [-0.2, 0) is 6.54 Å². The fourth-order valence-electron chi connectivity index (χ4n) is 1.65. The van der Waals surface area contributed by atoms with Gasteiger partial charge >= 0.3 is 6.01 Å². The van der Waals surface area contributed by atoms with Crippen LogP contribution in [0, 0.1) is 6.92 Å². The molecule has 0 bridgehead atoms.